The van der Waals surface area contributed by atoms with Crippen molar-refractivity contribution in [1.29, 1.82) is 0 Å². The minimum atomic E-state index is -2.01. The Bertz CT molecular complexity index is 2210. The van der Waals surface area contributed by atoms with Gasteiger partial charge in [0, 0.05) is 34.0 Å². The van der Waals surface area contributed by atoms with Crippen LogP contribution >= 0.6 is 23.2 Å². The third-order valence-electron chi connectivity index (χ3n) is 10.1. The molecule has 6 rings (SSSR count). The van der Waals surface area contributed by atoms with E-state index in [1.807, 2.05) is 43.3 Å². The van der Waals surface area contributed by atoms with E-state index in [4.69, 9.17) is 33.4 Å². The maximum Gasteiger partial charge on any atom is 0.132 e. The average molecular weight is 939 g/mol. The van der Waals surface area contributed by atoms with Crippen LogP contribution in [0.3, 0.4) is 0 Å². The maximum atomic E-state index is 13.8. The summed E-state index contributed by atoms with van der Waals surface area (Å²) in [6, 6.07) is 20.5. The fourth-order valence-electron chi connectivity index (χ4n) is 6.97. The number of aryl methyl sites for hydroxylation is 1. The van der Waals surface area contributed by atoms with Crippen molar-refractivity contribution in [3.05, 3.63) is 122 Å². The first-order valence-electron chi connectivity index (χ1n) is 20.5. The molecule has 0 amide bonds. The molecule has 4 aromatic heterocycles. The molecule has 0 radical (unpaired) electrons. The summed E-state index contributed by atoms with van der Waals surface area (Å²) in [5, 5.41) is 19.7. The molecule has 6 aromatic rings. The number of aliphatic hydroxyl groups is 2. The van der Waals surface area contributed by atoms with Gasteiger partial charge in [-0.2, -0.15) is 0 Å². The molecule has 11 heteroatoms. The van der Waals surface area contributed by atoms with Gasteiger partial charge in [-0.15, -0.1) is 0 Å². The molecule has 4 heterocycles. The Morgan fingerprint density at radius 1 is 0.655 bits per heavy atom. The quantitative estimate of drug-likeness (QED) is 0.0541. The number of halogens is 4. The van der Waals surface area contributed by atoms with Gasteiger partial charge in [0.1, 0.15) is 21.9 Å². The van der Waals surface area contributed by atoms with Crippen molar-refractivity contribution in [1.82, 2.24) is 19.9 Å². The molecule has 0 spiro atoms. The van der Waals surface area contributed by atoms with Crippen LogP contribution in [0.2, 0.25) is 23.6 Å². The zero-order valence-electron chi connectivity index (χ0n) is 34.2. The number of hydrogen-bond donors (Lipinski definition) is 4. The monoisotopic (exact) mass is 938 g/mol. The molecule has 0 saturated carbocycles. The average Bonchev–Trinajstić information content (AvgIpc) is 3.87. The van der Waals surface area contributed by atoms with Crippen LogP contribution in [0.4, 0.5) is 8.78 Å². The number of aromatic amines is 2. The van der Waals surface area contributed by atoms with E-state index in [9.17, 15) is 8.78 Å². The van der Waals surface area contributed by atoms with E-state index in [1.54, 1.807) is 36.4 Å². The third-order valence-corrected chi connectivity index (χ3v) is 24.8. The molecule has 0 saturated heterocycles. The van der Waals surface area contributed by atoms with Gasteiger partial charge >= 0.3 is 119 Å². The van der Waals surface area contributed by atoms with E-state index in [2.05, 4.69) is 50.9 Å². The molecule has 58 heavy (non-hydrogen) atoms. The molecule has 0 fully saturated rings. The molecule has 2 aromatic carbocycles. The predicted octanol–water partition coefficient (Wildman–Crippen LogP) is 14.1. The van der Waals surface area contributed by atoms with Crippen LogP contribution < -0.4 is 0 Å². The number of fused-ring (bicyclic) bond motifs is 2. The van der Waals surface area contributed by atoms with E-state index in [-0.39, 0.29) is 18.2 Å². The fraction of sp³-hybridized carbons (Fsp3) is 0.362. The summed E-state index contributed by atoms with van der Waals surface area (Å²) in [4.78, 5) is 15.0. The Labute approximate surface area is 356 Å². The van der Waals surface area contributed by atoms with Gasteiger partial charge in [-0.25, -0.2) is 18.7 Å². The second kappa shape index (κ2) is 24.5. The number of unbranched alkanes of at least 4 members (excludes halogenated alkanes) is 3. The molecule has 4 N–H and O–H groups in total. The fourth-order valence-corrected chi connectivity index (χ4v) is 21.8. The Morgan fingerprint density at radius 2 is 1.14 bits per heavy atom. The van der Waals surface area contributed by atoms with Crippen molar-refractivity contribution in [2.45, 2.75) is 92.4 Å². The van der Waals surface area contributed by atoms with E-state index in [1.165, 1.54) is 64.0 Å². The molecule has 310 valence electrons. The summed E-state index contributed by atoms with van der Waals surface area (Å²) in [5.41, 5.74) is 6.18. The van der Waals surface area contributed by atoms with Gasteiger partial charge < -0.3 is 15.1 Å². The van der Waals surface area contributed by atoms with Gasteiger partial charge in [-0.05, 0) is 73.5 Å². The second-order valence-corrected chi connectivity index (χ2v) is 28.4. The number of H-pyrrole nitrogens is 2. The van der Waals surface area contributed by atoms with Gasteiger partial charge in [0.05, 0.1) is 22.8 Å². The molecule has 0 aliphatic heterocycles. The van der Waals surface area contributed by atoms with Crippen molar-refractivity contribution in [2.24, 2.45) is 0 Å². The SMILES string of the molecule is CCC[CH2][Sn](/[CH]=C/CCO)([CH2]CCC)[CH2]CCC.Cc1ccc(Cl)nc1-c1cc2c(F)cccc2[nH]1.OCC/C=C/c1ccc(Cl)nc1-c1cc2c(F)cccc2[nH]1. The van der Waals surface area contributed by atoms with E-state index < -0.39 is 18.4 Å². The molecule has 0 bridgehead atoms. The van der Waals surface area contributed by atoms with Crippen molar-refractivity contribution in [3.8, 4) is 22.8 Å². The molecule has 6 nitrogen and oxygen atoms in total. The summed E-state index contributed by atoms with van der Waals surface area (Å²) in [7, 11) is 0. The van der Waals surface area contributed by atoms with Crippen LogP contribution in [0.15, 0.2) is 89.0 Å². The molecule has 0 unspecified atom stereocenters. The number of nitrogens with zero attached hydrogens (tertiary/aromatic N) is 2. The summed E-state index contributed by atoms with van der Waals surface area (Å²) in [6.45, 7) is 9.29. The summed E-state index contributed by atoms with van der Waals surface area (Å²) in [6.07, 6.45) is 15.7. The number of nitrogens with one attached hydrogen (secondary N) is 2. The van der Waals surface area contributed by atoms with Crippen LogP contribution in [-0.2, 0) is 0 Å². The number of aromatic nitrogens is 4. The second-order valence-electron chi connectivity index (χ2n) is 14.6. The standard InChI is InChI=1S/C17H14ClFN2O.C14H10ClFN2.C4H7O.3C4H9.Sn/c18-16-8-7-11(4-1-2-9-22)17(21-16)15-10-12-13(19)5-3-6-14(12)20-15;1-8-5-6-13(15)18-14(8)12-7-9-10(16)3-2-4-11(9)17-12;1-2-3-4-5;3*1-3-4-2;/h1,3-8,10,20,22H,2,9H2;2-7,17H,1H3;1-2,5H,3-4H2;3*1,3-4H2,2H3;/b4-1+;;;;;;. The Kier molecular flexibility index (Phi) is 19.9. The van der Waals surface area contributed by atoms with Crippen LogP contribution in [0.1, 0.15) is 83.3 Å². The van der Waals surface area contributed by atoms with E-state index >= 15 is 0 Å². The van der Waals surface area contributed by atoms with E-state index in [0.29, 0.717) is 51.0 Å². The first kappa shape index (κ1) is 47.1. The van der Waals surface area contributed by atoms with E-state index in [0.717, 1.165) is 34.5 Å². The first-order chi connectivity index (χ1) is 28.1. The molecular weight excluding hydrogens is 880 g/mol. The molecular formula is C47H58Cl2F2N4O2Sn. The minimum Gasteiger partial charge on any atom is -0.396 e. The Hall–Kier alpha value is -3.54. The summed E-state index contributed by atoms with van der Waals surface area (Å²) < 4.78 is 34.7. The van der Waals surface area contributed by atoms with Gasteiger partial charge in [0.25, 0.3) is 0 Å². The van der Waals surface area contributed by atoms with Crippen LogP contribution in [0, 0.1) is 18.6 Å². The zero-order valence-corrected chi connectivity index (χ0v) is 38.6. The van der Waals surface area contributed by atoms with Crippen molar-refractivity contribution < 1.29 is 19.0 Å². The smallest absolute Gasteiger partial charge is 0.132 e. The van der Waals surface area contributed by atoms with Crippen LogP contribution in [0.5, 0.6) is 0 Å². The largest absolute Gasteiger partial charge is 0.396 e. The number of pyridine rings is 2. The maximum absolute atomic E-state index is 13.8. The number of benzene rings is 2. The zero-order chi connectivity index (χ0) is 41.9. The van der Waals surface area contributed by atoms with Crippen LogP contribution in [-0.4, -0.2) is 61.7 Å². The van der Waals surface area contributed by atoms with Crippen LogP contribution in [0.25, 0.3) is 50.7 Å². The van der Waals surface area contributed by atoms with Gasteiger partial charge in [0.2, 0.25) is 0 Å². The number of rotatable bonds is 17. The minimum absolute atomic E-state index is 0.0877. The first-order valence-corrected chi connectivity index (χ1v) is 28.9. The number of hydrogen-bond acceptors (Lipinski definition) is 4. The van der Waals surface area contributed by atoms with Gasteiger partial charge in [-0.1, -0.05) is 53.6 Å². The third kappa shape index (κ3) is 13.8. The predicted molar refractivity (Wildman–Crippen MR) is 244 cm³/mol. The topological polar surface area (TPSA) is 97.8 Å². The van der Waals surface area contributed by atoms with Crippen molar-refractivity contribution in [3.63, 3.8) is 0 Å². The molecule has 0 aliphatic carbocycles. The van der Waals surface area contributed by atoms with Crippen molar-refractivity contribution >= 4 is 69.5 Å². The number of aliphatic hydroxyl groups excluding tert-OH is 2. The summed E-state index contributed by atoms with van der Waals surface area (Å²) >= 11 is 9.89. The van der Waals surface area contributed by atoms with Crippen molar-refractivity contribution in [2.75, 3.05) is 13.2 Å². The Morgan fingerprint density at radius 3 is 1.64 bits per heavy atom. The van der Waals surface area contributed by atoms with Gasteiger partial charge in [0.15, 0.2) is 0 Å². The molecule has 0 aliphatic rings. The Balaban J connectivity index is 0.000000194. The normalized spacial score (nSPS) is 11.7. The van der Waals surface area contributed by atoms with Gasteiger partial charge in [-0.3, -0.25) is 0 Å². The summed E-state index contributed by atoms with van der Waals surface area (Å²) in [5.74, 6) is -0.519. The molecule has 0 atom stereocenters.